The predicted octanol–water partition coefficient (Wildman–Crippen LogP) is 1.12. The zero-order valence-corrected chi connectivity index (χ0v) is 10.3. The van der Waals surface area contributed by atoms with Crippen LogP contribution in [0.4, 0.5) is 0 Å². The number of carbonyl (C=O) groups excluding carboxylic acids is 1. The number of allylic oxidation sites excluding steroid dienone is 2. The van der Waals surface area contributed by atoms with Crippen molar-refractivity contribution in [2.75, 3.05) is 6.61 Å². The summed E-state index contributed by atoms with van der Waals surface area (Å²) in [7, 11) is 5.79. The Labute approximate surface area is 107 Å². The fourth-order valence-electron chi connectivity index (χ4n) is 2.59. The van der Waals surface area contributed by atoms with Crippen LogP contribution in [0.2, 0.25) is 0 Å². The molecule has 0 spiro atoms. The Hall–Kier alpha value is -1.36. The first kappa shape index (κ1) is 11.7. The third kappa shape index (κ3) is 2.15. The molecular formula is C13H15BN2O2. The fourth-order valence-corrected chi connectivity index (χ4v) is 2.59. The Bertz CT molecular complexity index is 501. The first-order chi connectivity index (χ1) is 8.74. The van der Waals surface area contributed by atoms with Crippen LogP contribution in [-0.2, 0) is 9.53 Å². The number of ketones is 1. The minimum atomic E-state index is -0.0392. The molecule has 0 bridgehead atoms. The smallest absolute Gasteiger partial charge is 0.156 e. The maximum absolute atomic E-state index is 11.4. The molecule has 0 saturated carbocycles. The molecule has 92 valence electrons. The van der Waals surface area contributed by atoms with Crippen LogP contribution in [0, 0.1) is 0 Å². The SMILES string of the molecule is [B]c1cc(C2=CC(=O)CC2)n(C2CCCCO2)n1. The van der Waals surface area contributed by atoms with E-state index in [1.165, 1.54) is 0 Å². The van der Waals surface area contributed by atoms with Gasteiger partial charge in [-0.3, -0.25) is 4.79 Å². The molecule has 2 heterocycles. The van der Waals surface area contributed by atoms with Gasteiger partial charge in [0.2, 0.25) is 0 Å². The van der Waals surface area contributed by atoms with Gasteiger partial charge in [0.15, 0.2) is 12.0 Å². The molecule has 1 fully saturated rings. The molecule has 1 saturated heterocycles. The third-order valence-corrected chi connectivity index (χ3v) is 3.49. The number of rotatable bonds is 2. The van der Waals surface area contributed by atoms with Crippen LogP contribution >= 0.6 is 0 Å². The maximum atomic E-state index is 11.4. The Kier molecular flexibility index (Phi) is 3.08. The number of aromatic nitrogens is 2. The summed E-state index contributed by atoms with van der Waals surface area (Å²) in [5.41, 5.74) is 2.45. The van der Waals surface area contributed by atoms with E-state index in [1.807, 2.05) is 10.7 Å². The minimum Gasteiger partial charge on any atom is -0.356 e. The summed E-state index contributed by atoms with van der Waals surface area (Å²) >= 11 is 0. The molecule has 5 heteroatoms. The molecule has 1 aromatic heterocycles. The molecule has 0 aromatic carbocycles. The van der Waals surface area contributed by atoms with Crippen molar-refractivity contribution < 1.29 is 9.53 Å². The second-order valence-electron chi connectivity index (χ2n) is 4.86. The van der Waals surface area contributed by atoms with E-state index in [9.17, 15) is 4.79 Å². The van der Waals surface area contributed by atoms with E-state index in [1.54, 1.807) is 6.08 Å². The molecule has 1 aromatic rings. The van der Waals surface area contributed by atoms with Gasteiger partial charge in [-0.2, -0.15) is 5.10 Å². The molecule has 4 nitrogen and oxygen atoms in total. The first-order valence-electron chi connectivity index (χ1n) is 6.44. The molecule has 2 radical (unpaired) electrons. The fraction of sp³-hybridized carbons (Fsp3) is 0.538. The van der Waals surface area contributed by atoms with E-state index >= 15 is 0 Å². The van der Waals surface area contributed by atoms with E-state index in [0.717, 1.165) is 43.6 Å². The topological polar surface area (TPSA) is 44.1 Å². The van der Waals surface area contributed by atoms with Crippen molar-refractivity contribution in [3.05, 3.63) is 17.8 Å². The van der Waals surface area contributed by atoms with Crippen molar-refractivity contribution in [1.29, 1.82) is 0 Å². The van der Waals surface area contributed by atoms with Crippen molar-refractivity contribution in [3.63, 3.8) is 0 Å². The van der Waals surface area contributed by atoms with E-state index in [4.69, 9.17) is 12.6 Å². The summed E-state index contributed by atoms with van der Waals surface area (Å²) in [6.07, 6.45) is 6.22. The third-order valence-electron chi connectivity index (χ3n) is 3.49. The number of hydrogen-bond donors (Lipinski definition) is 0. The monoisotopic (exact) mass is 242 g/mol. The molecule has 1 aliphatic heterocycles. The Morgan fingerprint density at radius 2 is 2.28 bits per heavy atom. The van der Waals surface area contributed by atoms with E-state index in [-0.39, 0.29) is 12.0 Å². The molecule has 1 unspecified atom stereocenters. The number of ether oxygens (including phenoxy) is 1. The van der Waals surface area contributed by atoms with Gasteiger partial charge in [0.05, 0.1) is 5.69 Å². The van der Waals surface area contributed by atoms with Gasteiger partial charge < -0.3 is 4.74 Å². The van der Waals surface area contributed by atoms with Gasteiger partial charge in [0.1, 0.15) is 7.85 Å². The van der Waals surface area contributed by atoms with Gasteiger partial charge in [-0.25, -0.2) is 4.68 Å². The summed E-state index contributed by atoms with van der Waals surface area (Å²) in [6, 6.07) is 1.84. The molecular weight excluding hydrogens is 227 g/mol. The van der Waals surface area contributed by atoms with Crippen molar-refractivity contribution in [1.82, 2.24) is 9.78 Å². The number of nitrogens with zero attached hydrogens (tertiary/aromatic N) is 2. The number of carbonyl (C=O) groups is 1. The van der Waals surface area contributed by atoms with Crippen molar-refractivity contribution in [3.8, 4) is 0 Å². The largest absolute Gasteiger partial charge is 0.356 e. The summed E-state index contributed by atoms with van der Waals surface area (Å²) in [5.74, 6) is 0.181. The highest BCUT2D eigenvalue weighted by atomic mass is 16.5. The van der Waals surface area contributed by atoms with E-state index in [2.05, 4.69) is 5.10 Å². The highest BCUT2D eigenvalue weighted by Crippen LogP contribution is 2.29. The average molecular weight is 242 g/mol. The van der Waals surface area contributed by atoms with Gasteiger partial charge in [-0.05, 0) is 43.4 Å². The Morgan fingerprint density at radius 3 is 2.94 bits per heavy atom. The van der Waals surface area contributed by atoms with Gasteiger partial charge in [-0.15, -0.1) is 0 Å². The van der Waals surface area contributed by atoms with Gasteiger partial charge in [-0.1, -0.05) is 0 Å². The zero-order chi connectivity index (χ0) is 12.5. The van der Waals surface area contributed by atoms with Gasteiger partial charge in [0.25, 0.3) is 0 Å². The predicted molar refractivity (Wildman–Crippen MR) is 68.7 cm³/mol. The zero-order valence-electron chi connectivity index (χ0n) is 10.3. The first-order valence-corrected chi connectivity index (χ1v) is 6.44. The molecule has 0 N–H and O–H groups in total. The van der Waals surface area contributed by atoms with Crippen LogP contribution in [0.1, 0.15) is 44.0 Å². The standard InChI is InChI=1S/C13H15BN2O2/c14-12-8-11(9-4-5-10(17)7-9)16(15-12)13-3-1-2-6-18-13/h7-8,13H,1-6H2. The molecule has 18 heavy (non-hydrogen) atoms. The van der Waals surface area contributed by atoms with E-state index in [0.29, 0.717) is 12.0 Å². The Balaban J connectivity index is 1.94. The lowest BCUT2D eigenvalue weighted by Crippen LogP contribution is -2.22. The molecule has 1 atom stereocenters. The van der Waals surface area contributed by atoms with Gasteiger partial charge >= 0.3 is 0 Å². The number of hydrogen-bond acceptors (Lipinski definition) is 3. The molecule has 1 aliphatic carbocycles. The molecule has 0 amide bonds. The second-order valence-corrected chi connectivity index (χ2v) is 4.86. The highest BCUT2D eigenvalue weighted by Gasteiger charge is 2.23. The van der Waals surface area contributed by atoms with Crippen molar-refractivity contribution >= 4 is 24.8 Å². The minimum absolute atomic E-state index is 0.0392. The lowest BCUT2D eigenvalue weighted by Gasteiger charge is -2.24. The lowest BCUT2D eigenvalue weighted by atomic mass is 10.0. The summed E-state index contributed by atoms with van der Waals surface area (Å²) in [4.78, 5) is 11.4. The highest BCUT2D eigenvalue weighted by molar-refractivity contribution is 6.30. The van der Waals surface area contributed by atoms with Crippen molar-refractivity contribution in [2.45, 2.75) is 38.3 Å². The van der Waals surface area contributed by atoms with Crippen LogP contribution in [0.5, 0.6) is 0 Å². The van der Waals surface area contributed by atoms with Crippen LogP contribution < -0.4 is 5.59 Å². The van der Waals surface area contributed by atoms with Crippen LogP contribution in [0.25, 0.3) is 5.57 Å². The van der Waals surface area contributed by atoms with Crippen LogP contribution in [-0.4, -0.2) is 30.0 Å². The lowest BCUT2D eigenvalue weighted by molar-refractivity contribution is -0.114. The summed E-state index contributed by atoms with van der Waals surface area (Å²) in [5, 5.41) is 4.32. The second kappa shape index (κ2) is 4.73. The normalized spacial score (nSPS) is 24.3. The van der Waals surface area contributed by atoms with Crippen molar-refractivity contribution in [2.24, 2.45) is 0 Å². The van der Waals surface area contributed by atoms with Crippen LogP contribution in [0.15, 0.2) is 12.1 Å². The van der Waals surface area contributed by atoms with Crippen LogP contribution in [0.3, 0.4) is 0 Å². The molecule has 2 aliphatic rings. The summed E-state index contributed by atoms with van der Waals surface area (Å²) < 4.78 is 7.58. The Morgan fingerprint density at radius 1 is 1.39 bits per heavy atom. The summed E-state index contributed by atoms with van der Waals surface area (Å²) in [6.45, 7) is 0.766. The maximum Gasteiger partial charge on any atom is 0.156 e. The average Bonchev–Trinajstić information content (AvgIpc) is 2.96. The van der Waals surface area contributed by atoms with Gasteiger partial charge in [0, 0.05) is 18.6 Å². The molecule has 3 rings (SSSR count). The quantitative estimate of drug-likeness (QED) is 0.730. The van der Waals surface area contributed by atoms with E-state index < -0.39 is 0 Å².